The Kier molecular flexibility index (Phi) is 4.92. The van der Waals surface area contributed by atoms with Gasteiger partial charge in [-0.25, -0.2) is 9.18 Å². The molecule has 1 aromatic rings. The Labute approximate surface area is 117 Å². The zero-order valence-electron chi connectivity index (χ0n) is 11.4. The first-order chi connectivity index (χ1) is 9.54. The van der Waals surface area contributed by atoms with Gasteiger partial charge in [-0.15, -0.1) is 0 Å². The molecule has 1 saturated heterocycles. The van der Waals surface area contributed by atoms with E-state index >= 15 is 0 Å². The fourth-order valence-corrected chi connectivity index (χ4v) is 1.85. The molecule has 0 bridgehead atoms. The number of carbonyl (C=O) groups excluding carboxylic acids is 1. The van der Waals surface area contributed by atoms with Crippen molar-refractivity contribution in [3.63, 3.8) is 0 Å². The molecule has 0 saturated carbocycles. The molecule has 2 rings (SSSR count). The smallest absolute Gasteiger partial charge is 0.317 e. The van der Waals surface area contributed by atoms with Gasteiger partial charge in [0.15, 0.2) is 0 Å². The number of aliphatic hydroxyl groups excluding tert-OH is 1. The molecule has 1 fully saturated rings. The largest absolute Gasteiger partial charge is 0.392 e. The highest BCUT2D eigenvalue weighted by atomic mass is 19.1. The van der Waals surface area contributed by atoms with E-state index in [1.54, 1.807) is 24.0 Å². The van der Waals surface area contributed by atoms with E-state index in [1.165, 1.54) is 12.1 Å². The van der Waals surface area contributed by atoms with Gasteiger partial charge in [0.2, 0.25) is 0 Å². The Hall–Kier alpha value is -1.66. The predicted octanol–water partition coefficient (Wildman–Crippen LogP) is 1.12. The van der Waals surface area contributed by atoms with E-state index in [0.717, 1.165) is 5.56 Å². The normalized spacial score (nSPS) is 16.6. The fraction of sp³-hybridized carbons (Fsp3) is 0.500. The first kappa shape index (κ1) is 14.7. The second-order valence-electron chi connectivity index (χ2n) is 5.00. The van der Waals surface area contributed by atoms with Crippen LogP contribution >= 0.6 is 0 Å². The van der Waals surface area contributed by atoms with E-state index in [0.29, 0.717) is 19.7 Å². The average molecular weight is 282 g/mol. The zero-order chi connectivity index (χ0) is 14.5. The monoisotopic (exact) mass is 282 g/mol. The van der Waals surface area contributed by atoms with Gasteiger partial charge in [0.25, 0.3) is 0 Å². The standard InChI is InChI=1S/C14H19FN2O3/c1-10(18)6-16-14(19)17-7-13(8-17)20-9-11-2-4-12(15)5-3-11/h2-5,10,13,18H,6-9H2,1H3,(H,16,19)/t10-/m1/s1. The number of nitrogens with zero attached hydrogens (tertiary/aromatic N) is 1. The van der Waals surface area contributed by atoms with Gasteiger partial charge in [-0.1, -0.05) is 12.1 Å². The third-order valence-electron chi connectivity index (χ3n) is 3.08. The lowest BCUT2D eigenvalue weighted by Crippen LogP contribution is -2.58. The molecule has 1 heterocycles. The van der Waals surface area contributed by atoms with Gasteiger partial charge >= 0.3 is 6.03 Å². The molecule has 1 atom stereocenters. The van der Waals surface area contributed by atoms with E-state index in [-0.39, 0.29) is 24.5 Å². The third-order valence-corrected chi connectivity index (χ3v) is 3.08. The molecular weight excluding hydrogens is 263 g/mol. The minimum Gasteiger partial charge on any atom is -0.392 e. The highest BCUT2D eigenvalue weighted by Crippen LogP contribution is 2.14. The van der Waals surface area contributed by atoms with Gasteiger partial charge in [0, 0.05) is 6.54 Å². The lowest BCUT2D eigenvalue weighted by atomic mass is 10.1. The molecule has 1 aliphatic heterocycles. The van der Waals surface area contributed by atoms with Crippen molar-refractivity contribution in [1.82, 2.24) is 10.2 Å². The van der Waals surface area contributed by atoms with Gasteiger partial charge in [0.1, 0.15) is 5.82 Å². The number of halogens is 1. The van der Waals surface area contributed by atoms with Crippen LogP contribution in [0, 0.1) is 5.82 Å². The van der Waals surface area contributed by atoms with Crippen LogP contribution in [0.3, 0.4) is 0 Å². The minimum atomic E-state index is -0.550. The Morgan fingerprint density at radius 1 is 1.50 bits per heavy atom. The number of nitrogens with one attached hydrogen (secondary N) is 1. The third kappa shape index (κ3) is 4.18. The summed E-state index contributed by atoms with van der Waals surface area (Å²) in [6.07, 6.45) is -0.539. The number of aliphatic hydroxyl groups is 1. The number of hydrogen-bond acceptors (Lipinski definition) is 3. The van der Waals surface area contributed by atoms with Crippen LogP contribution in [0.4, 0.5) is 9.18 Å². The quantitative estimate of drug-likeness (QED) is 0.850. The lowest BCUT2D eigenvalue weighted by molar-refractivity contribution is -0.0444. The molecule has 20 heavy (non-hydrogen) atoms. The van der Waals surface area contributed by atoms with Crippen LogP contribution in [0.5, 0.6) is 0 Å². The molecule has 2 amide bonds. The Morgan fingerprint density at radius 3 is 2.75 bits per heavy atom. The maximum Gasteiger partial charge on any atom is 0.317 e. The number of likely N-dealkylation sites (tertiary alicyclic amines) is 1. The number of benzene rings is 1. The predicted molar refractivity (Wildman–Crippen MR) is 71.6 cm³/mol. The SMILES string of the molecule is C[C@@H](O)CNC(=O)N1CC(OCc2ccc(F)cc2)C1. The molecular formula is C14H19FN2O3. The van der Waals surface area contributed by atoms with Crippen LogP contribution in [0.2, 0.25) is 0 Å². The van der Waals surface area contributed by atoms with Crippen LogP contribution in [0.15, 0.2) is 24.3 Å². The van der Waals surface area contributed by atoms with E-state index in [1.807, 2.05) is 0 Å². The number of ether oxygens (including phenoxy) is 1. The van der Waals surface area contributed by atoms with Crippen LogP contribution in [-0.4, -0.2) is 47.9 Å². The van der Waals surface area contributed by atoms with Crippen molar-refractivity contribution in [3.05, 3.63) is 35.6 Å². The van der Waals surface area contributed by atoms with E-state index in [2.05, 4.69) is 5.32 Å². The lowest BCUT2D eigenvalue weighted by Gasteiger charge is -2.38. The highest BCUT2D eigenvalue weighted by Gasteiger charge is 2.31. The number of hydrogen-bond donors (Lipinski definition) is 2. The van der Waals surface area contributed by atoms with Crippen molar-refractivity contribution in [2.24, 2.45) is 0 Å². The second kappa shape index (κ2) is 6.67. The maximum atomic E-state index is 12.7. The first-order valence-electron chi connectivity index (χ1n) is 6.61. The van der Waals surface area contributed by atoms with Gasteiger partial charge in [-0.05, 0) is 24.6 Å². The zero-order valence-corrected chi connectivity index (χ0v) is 11.4. The summed E-state index contributed by atoms with van der Waals surface area (Å²) >= 11 is 0. The molecule has 0 unspecified atom stereocenters. The van der Waals surface area contributed by atoms with Crippen LogP contribution in [0.25, 0.3) is 0 Å². The number of urea groups is 1. The van der Waals surface area contributed by atoms with Crippen molar-refractivity contribution in [3.8, 4) is 0 Å². The molecule has 1 aliphatic rings. The topological polar surface area (TPSA) is 61.8 Å². The summed E-state index contributed by atoms with van der Waals surface area (Å²) < 4.78 is 18.3. The average Bonchev–Trinajstić information content (AvgIpc) is 2.36. The number of carbonyl (C=O) groups is 1. The molecule has 2 N–H and O–H groups in total. The summed E-state index contributed by atoms with van der Waals surface area (Å²) in [5, 5.41) is 11.7. The van der Waals surface area contributed by atoms with Gasteiger partial charge < -0.3 is 20.1 Å². The summed E-state index contributed by atoms with van der Waals surface area (Å²) in [5.41, 5.74) is 0.906. The molecule has 0 radical (unpaired) electrons. The van der Waals surface area contributed by atoms with Crippen molar-refractivity contribution in [2.75, 3.05) is 19.6 Å². The summed E-state index contributed by atoms with van der Waals surface area (Å²) in [7, 11) is 0. The van der Waals surface area contributed by atoms with Crippen molar-refractivity contribution in [2.45, 2.75) is 25.7 Å². The Balaban J connectivity index is 1.64. The minimum absolute atomic E-state index is 0.0114. The summed E-state index contributed by atoms with van der Waals surface area (Å²) in [4.78, 5) is 13.2. The Bertz CT molecular complexity index is 444. The summed E-state index contributed by atoms with van der Waals surface area (Å²) in [6.45, 7) is 3.34. The molecule has 0 aliphatic carbocycles. The van der Waals surface area contributed by atoms with Gasteiger partial charge in [-0.2, -0.15) is 0 Å². The van der Waals surface area contributed by atoms with E-state index in [9.17, 15) is 9.18 Å². The fourth-order valence-electron chi connectivity index (χ4n) is 1.85. The molecule has 110 valence electrons. The van der Waals surface area contributed by atoms with Crippen LogP contribution in [-0.2, 0) is 11.3 Å². The highest BCUT2D eigenvalue weighted by molar-refractivity contribution is 5.75. The second-order valence-corrected chi connectivity index (χ2v) is 5.00. The van der Waals surface area contributed by atoms with E-state index < -0.39 is 6.10 Å². The summed E-state index contributed by atoms with van der Waals surface area (Å²) in [5.74, 6) is -0.265. The van der Waals surface area contributed by atoms with E-state index in [4.69, 9.17) is 9.84 Å². The van der Waals surface area contributed by atoms with Crippen molar-refractivity contribution >= 4 is 6.03 Å². The summed E-state index contributed by atoms with van der Waals surface area (Å²) in [6, 6.07) is 5.97. The molecule has 0 spiro atoms. The van der Waals surface area contributed by atoms with Crippen LogP contribution < -0.4 is 5.32 Å². The maximum absolute atomic E-state index is 12.7. The molecule has 6 heteroatoms. The first-order valence-corrected chi connectivity index (χ1v) is 6.61. The molecule has 1 aromatic carbocycles. The van der Waals surface area contributed by atoms with Gasteiger partial charge in [-0.3, -0.25) is 0 Å². The van der Waals surface area contributed by atoms with Crippen LogP contribution in [0.1, 0.15) is 12.5 Å². The Morgan fingerprint density at radius 2 is 2.15 bits per heavy atom. The van der Waals surface area contributed by atoms with Crippen molar-refractivity contribution in [1.29, 1.82) is 0 Å². The van der Waals surface area contributed by atoms with Crippen molar-refractivity contribution < 1.29 is 19.0 Å². The molecule has 5 nitrogen and oxygen atoms in total. The van der Waals surface area contributed by atoms with Gasteiger partial charge in [0.05, 0.1) is 31.9 Å². The molecule has 0 aromatic heterocycles. The number of rotatable bonds is 5. The number of amides is 2.